The molecule has 0 aliphatic rings. The number of aromatic nitrogens is 2. The van der Waals surface area contributed by atoms with Gasteiger partial charge in [0.25, 0.3) is 0 Å². The summed E-state index contributed by atoms with van der Waals surface area (Å²) in [5.74, 6) is 1.00. The summed E-state index contributed by atoms with van der Waals surface area (Å²) in [6, 6.07) is 0. The fourth-order valence-electron chi connectivity index (χ4n) is 0.563. The minimum Gasteiger partial charge on any atom is -0.370 e. The highest BCUT2D eigenvalue weighted by Crippen LogP contribution is 1.96. The van der Waals surface area contributed by atoms with Crippen molar-refractivity contribution < 1.29 is 4.52 Å². The van der Waals surface area contributed by atoms with E-state index in [1.54, 1.807) is 6.92 Å². The molecule has 6 nitrogen and oxygen atoms in total. The van der Waals surface area contributed by atoms with Crippen molar-refractivity contribution in [3.05, 3.63) is 11.7 Å². The lowest BCUT2D eigenvalue weighted by molar-refractivity contribution is 0.376. The molecular formula is C5H9N5O. The molecule has 1 aromatic heterocycles. The van der Waals surface area contributed by atoms with Crippen LogP contribution >= 0.6 is 0 Å². The lowest BCUT2D eigenvalue weighted by Crippen LogP contribution is -2.22. The Balaban J connectivity index is 2.58. The smallest absolute Gasteiger partial charge is 0.248 e. The molecule has 0 saturated heterocycles. The highest BCUT2D eigenvalue weighted by molar-refractivity contribution is 5.75. The standard InChI is InChI=1S/C5H9N5O/c1-3-9-4(11-10-3)2-8-5(6)7/h2H2,1H3,(H4,6,7,8). The summed E-state index contributed by atoms with van der Waals surface area (Å²) in [5.41, 5.74) is 10.2. The zero-order valence-corrected chi connectivity index (χ0v) is 6.11. The van der Waals surface area contributed by atoms with Crippen LogP contribution in [0.25, 0.3) is 0 Å². The van der Waals surface area contributed by atoms with Gasteiger partial charge in [-0.15, -0.1) is 0 Å². The second-order valence-corrected chi connectivity index (χ2v) is 1.98. The summed E-state index contributed by atoms with van der Waals surface area (Å²) >= 11 is 0. The van der Waals surface area contributed by atoms with E-state index in [0.29, 0.717) is 11.7 Å². The maximum atomic E-state index is 5.08. The van der Waals surface area contributed by atoms with Crippen LogP contribution in [0.3, 0.4) is 0 Å². The Hall–Kier alpha value is -1.59. The number of hydrogen-bond acceptors (Lipinski definition) is 4. The molecule has 0 saturated carbocycles. The first-order valence-electron chi connectivity index (χ1n) is 3.03. The molecule has 1 heterocycles. The number of aliphatic imine (C=N–C) groups is 1. The number of nitrogens with zero attached hydrogens (tertiary/aromatic N) is 3. The van der Waals surface area contributed by atoms with Crippen molar-refractivity contribution in [2.24, 2.45) is 16.5 Å². The highest BCUT2D eigenvalue weighted by Gasteiger charge is 1.99. The van der Waals surface area contributed by atoms with Gasteiger partial charge in [0.1, 0.15) is 6.54 Å². The van der Waals surface area contributed by atoms with Gasteiger partial charge in [0.15, 0.2) is 11.8 Å². The predicted molar refractivity (Wildman–Crippen MR) is 38.5 cm³/mol. The average molecular weight is 155 g/mol. The third-order valence-corrected chi connectivity index (χ3v) is 0.967. The zero-order valence-electron chi connectivity index (χ0n) is 6.11. The summed E-state index contributed by atoms with van der Waals surface area (Å²) in [6.07, 6.45) is 0. The number of nitrogens with two attached hydrogens (primary N) is 2. The Kier molecular flexibility index (Phi) is 2.05. The minimum atomic E-state index is 0.0147. The maximum absolute atomic E-state index is 5.08. The molecule has 4 N–H and O–H groups in total. The van der Waals surface area contributed by atoms with Crippen molar-refractivity contribution in [2.45, 2.75) is 13.5 Å². The molecule has 11 heavy (non-hydrogen) atoms. The third-order valence-electron chi connectivity index (χ3n) is 0.967. The van der Waals surface area contributed by atoms with Crippen LogP contribution in [0.1, 0.15) is 11.7 Å². The van der Waals surface area contributed by atoms with Crippen LogP contribution < -0.4 is 11.5 Å². The van der Waals surface area contributed by atoms with Crippen LogP contribution in [0.4, 0.5) is 0 Å². The van der Waals surface area contributed by atoms with Gasteiger partial charge in [0, 0.05) is 0 Å². The average Bonchev–Trinajstić information content (AvgIpc) is 2.31. The predicted octanol–water partition coefficient (Wildman–Crippen LogP) is -0.849. The van der Waals surface area contributed by atoms with E-state index in [2.05, 4.69) is 15.1 Å². The van der Waals surface area contributed by atoms with Crippen molar-refractivity contribution in [3.8, 4) is 0 Å². The molecule has 60 valence electrons. The van der Waals surface area contributed by atoms with E-state index in [0.717, 1.165) is 0 Å². The molecule has 0 bridgehead atoms. The Morgan fingerprint density at radius 2 is 2.36 bits per heavy atom. The van der Waals surface area contributed by atoms with Gasteiger partial charge in [-0.05, 0) is 6.92 Å². The molecular weight excluding hydrogens is 146 g/mol. The topological polar surface area (TPSA) is 103 Å². The summed E-state index contributed by atoms with van der Waals surface area (Å²) in [7, 11) is 0. The second kappa shape index (κ2) is 3.00. The van der Waals surface area contributed by atoms with Gasteiger partial charge in [0.2, 0.25) is 5.89 Å². The van der Waals surface area contributed by atoms with E-state index in [1.807, 2.05) is 0 Å². The first-order valence-corrected chi connectivity index (χ1v) is 3.03. The molecule has 1 rings (SSSR count). The molecule has 0 aliphatic carbocycles. The van der Waals surface area contributed by atoms with Gasteiger partial charge >= 0.3 is 0 Å². The molecule has 0 fully saturated rings. The summed E-state index contributed by atoms with van der Waals surface area (Å²) in [6.45, 7) is 1.96. The second-order valence-electron chi connectivity index (χ2n) is 1.98. The Morgan fingerprint density at radius 1 is 1.64 bits per heavy atom. The molecule has 1 aromatic rings. The van der Waals surface area contributed by atoms with Gasteiger partial charge in [-0.3, -0.25) is 0 Å². The Bertz CT molecular complexity index is 262. The maximum Gasteiger partial charge on any atom is 0.248 e. The van der Waals surface area contributed by atoms with Crippen LogP contribution in [-0.2, 0) is 6.54 Å². The van der Waals surface area contributed by atoms with E-state index in [1.165, 1.54) is 0 Å². The zero-order chi connectivity index (χ0) is 8.27. The van der Waals surface area contributed by atoms with Crippen molar-refractivity contribution >= 4 is 5.96 Å². The summed E-state index contributed by atoms with van der Waals surface area (Å²) in [4.78, 5) is 7.57. The van der Waals surface area contributed by atoms with Crippen molar-refractivity contribution in [1.82, 2.24) is 10.1 Å². The van der Waals surface area contributed by atoms with Gasteiger partial charge < -0.3 is 16.0 Å². The van der Waals surface area contributed by atoms with E-state index >= 15 is 0 Å². The molecule has 0 amide bonds. The lowest BCUT2D eigenvalue weighted by atomic mass is 10.6. The Morgan fingerprint density at radius 3 is 2.82 bits per heavy atom. The first-order chi connectivity index (χ1) is 5.18. The molecule has 0 unspecified atom stereocenters. The van der Waals surface area contributed by atoms with Crippen LogP contribution in [0.5, 0.6) is 0 Å². The van der Waals surface area contributed by atoms with Gasteiger partial charge in [0.05, 0.1) is 0 Å². The van der Waals surface area contributed by atoms with E-state index in [4.69, 9.17) is 16.0 Å². The SMILES string of the molecule is Cc1noc(CN=C(N)N)n1. The van der Waals surface area contributed by atoms with Gasteiger partial charge in [-0.25, -0.2) is 4.99 Å². The highest BCUT2D eigenvalue weighted by atomic mass is 16.5. The Labute approximate surface area is 63.3 Å². The molecule has 0 aliphatic heterocycles. The van der Waals surface area contributed by atoms with Crippen LogP contribution in [0, 0.1) is 6.92 Å². The van der Waals surface area contributed by atoms with E-state index in [-0.39, 0.29) is 12.5 Å². The van der Waals surface area contributed by atoms with E-state index < -0.39 is 0 Å². The van der Waals surface area contributed by atoms with Crippen molar-refractivity contribution in [1.29, 1.82) is 0 Å². The van der Waals surface area contributed by atoms with Crippen LogP contribution in [0.15, 0.2) is 9.52 Å². The molecule has 0 aromatic carbocycles. The van der Waals surface area contributed by atoms with Crippen LogP contribution in [-0.4, -0.2) is 16.1 Å². The number of guanidine groups is 1. The molecule has 6 heteroatoms. The van der Waals surface area contributed by atoms with Gasteiger partial charge in [-0.1, -0.05) is 5.16 Å². The number of hydrogen-bond donors (Lipinski definition) is 2. The first kappa shape index (κ1) is 7.52. The monoisotopic (exact) mass is 155 g/mol. The minimum absolute atomic E-state index is 0.0147. The summed E-state index contributed by atoms with van der Waals surface area (Å²) in [5, 5.41) is 3.56. The third kappa shape index (κ3) is 2.24. The fraction of sp³-hybridized carbons (Fsp3) is 0.400. The van der Waals surface area contributed by atoms with Crippen molar-refractivity contribution in [2.75, 3.05) is 0 Å². The lowest BCUT2D eigenvalue weighted by Gasteiger charge is -1.86. The largest absolute Gasteiger partial charge is 0.370 e. The van der Waals surface area contributed by atoms with E-state index in [9.17, 15) is 0 Å². The molecule has 0 atom stereocenters. The number of aryl methyl sites for hydroxylation is 1. The summed E-state index contributed by atoms with van der Waals surface area (Å²) < 4.78 is 4.74. The fourth-order valence-corrected chi connectivity index (χ4v) is 0.563. The molecule has 0 radical (unpaired) electrons. The quantitative estimate of drug-likeness (QED) is 0.427. The number of rotatable bonds is 2. The normalized spacial score (nSPS) is 9.55. The van der Waals surface area contributed by atoms with Gasteiger partial charge in [-0.2, -0.15) is 4.98 Å². The van der Waals surface area contributed by atoms with Crippen molar-refractivity contribution in [3.63, 3.8) is 0 Å². The molecule has 0 spiro atoms. The van der Waals surface area contributed by atoms with Crippen LogP contribution in [0.2, 0.25) is 0 Å².